The summed E-state index contributed by atoms with van der Waals surface area (Å²) in [4.78, 5) is 11.0. The van der Waals surface area contributed by atoms with Crippen LogP contribution in [-0.4, -0.2) is 24.2 Å². The number of hydrogen-bond donors (Lipinski definition) is 3. The third-order valence-electron chi connectivity index (χ3n) is 1.86. The Morgan fingerprint density at radius 1 is 1.47 bits per heavy atom. The number of aliphatic hydroxyl groups excluding tert-OH is 1. The molecule has 5 nitrogen and oxygen atoms in total. The van der Waals surface area contributed by atoms with Crippen LogP contribution in [0.2, 0.25) is 0 Å². The van der Waals surface area contributed by atoms with E-state index >= 15 is 0 Å². The lowest BCUT2D eigenvalue weighted by Crippen LogP contribution is -2.14. The van der Waals surface area contributed by atoms with Crippen molar-refractivity contribution in [3.05, 3.63) is 23.8 Å². The van der Waals surface area contributed by atoms with Crippen molar-refractivity contribution < 1.29 is 14.6 Å². The van der Waals surface area contributed by atoms with Crippen molar-refractivity contribution in [3.63, 3.8) is 0 Å². The Morgan fingerprint density at radius 3 is 2.80 bits per heavy atom. The largest absolute Gasteiger partial charge is 0.490 e. The molecule has 0 radical (unpaired) electrons. The Hall–Kier alpha value is -1.75. The molecular weight excluding hydrogens is 196 g/mol. The van der Waals surface area contributed by atoms with Crippen LogP contribution in [0.3, 0.4) is 0 Å². The van der Waals surface area contributed by atoms with Crippen molar-refractivity contribution in [2.45, 2.75) is 6.42 Å². The molecule has 15 heavy (non-hydrogen) atoms. The zero-order valence-electron chi connectivity index (χ0n) is 8.27. The van der Waals surface area contributed by atoms with Gasteiger partial charge in [0, 0.05) is 13.0 Å². The van der Waals surface area contributed by atoms with Gasteiger partial charge in [0.05, 0.1) is 17.9 Å². The van der Waals surface area contributed by atoms with Crippen LogP contribution in [0.4, 0.5) is 5.69 Å². The van der Waals surface area contributed by atoms with Gasteiger partial charge in [-0.05, 0) is 12.1 Å². The standard InChI is InChI=1S/C10H14N2O3/c11-8-4-1-3-7(10(12)14)9(8)15-6-2-5-13/h1,3-4,13H,2,5-6,11H2,(H2,12,14). The number of rotatable bonds is 5. The monoisotopic (exact) mass is 210 g/mol. The van der Waals surface area contributed by atoms with E-state index in [1.54, 1.807) is 18.2 Å². The summed E-state index contributed by atoms with van der Waals surface area (Å²) in [6, 6.07) is 4.81. The smallest absolute Gasteiger partial charge is 0.252 e. The van der Waals surface area contributed by atoms with Gasteiger partial charge in [-0.3, -0.25) is 4.79 Å². The summed E-state index contributed by atoms with van der Waals surface area (Å²) in [5.41, 5.74) is 11.4. The number of hydrogen-bond acceptors (Lipinski definition) is 4. The van der Waals surface area contributed by atoms with Crippen molar-refractivity contribution in [1.29, 1.82) is 0 Å². The van der Waals surface area contributed by atoms with E-state index in [4.69, 9.17) is 21.3 Å². The van der Waals surface area contributed by atoms with E-state index in [9.17, 15) is 4.79 Å². The van der Waals surface area contributed by atoms with Crippen molar-refractivity contribution in [2.24, 2.45) is 5.73 Å². The Labute approximate surface area is 87.6 Å². The molecule has 0 saturated heterocycles. The first kappa shape index (κ1) is 11.3. The average Bonchev–Trinajstić information content (AvgIpc) is 2.20. The lowest BCUT2D eigenvalue weighted by atomic mass is 10.1. The summed E-state index contributed by atoms with van der Waals surface area (Å²) in [6.45, 7) is 0.323. The lowest BCUT2D eigenvalue weighted by molar-refractivity contribution is 0.0996. The molecule has 82 valence electrons. The summed E-state index contributed by atoms with van der Waals surface area (Å²) < 4.78 is 5.28. The van der Waals surface area contributed by atoms with Crippen LogP contribution in [0.15, 0.2) is 18.2 Å². The van der Waals surface area contributed by atoms with E-state index in [1.165, 1.54) is 0 Å². The van der Waals surface area contributed by atoms with E-state index < -0.39 is 5.91 Å². The van der Waals surface area contributed by atoms with Crippen LogP contribution in [-0.2, 0) is 0 Å². The molecule has 0 unspecified atom stereocenters. The van der Waals surface area contributed by atoms with Crippen molar-refractivity contribution in [3.8, 4) is 5.75 Å². The highest BCUT2D eigenvalue weighted by molar-refractivity contribution is 5.97. The first-order chi connectivity index (χ1) is 7.16. The van der Waals surface area contributed by atoms with Gasteiger partial charge in [0.15, 0.2) is 5.75 Å². The topological polar surface area (TPSA) is 98.6 Å². The minimum atomic E-state index is -0.582. The number of amides is 1. The number of ether oxygens (including phenoxy) is 1. The highest BCUT2D eigenvalue weighted by Gasteiger charge is 2.11. The summed E-state index contributed by atoms with van der Waals surface area (Å²) in [5, 5.41) is 8.59. The molecule has 0 heterocycles. The quantitative estimate of drug-likeness (QED) is 0.475. The van der Waals surface area contributed by atoms with Gasteiger partial charge in [-0.15, -0.1) is 0 Å². The number of anilines is 1. The molecule has 0 aliphatic heterocycles. The number of carbonyl (C=O) groups excluding carboxylic acids is 1. The fourth-order valence-electron chi connectivity index (χ4n) is 1.15. The normalized spacial score (nSPS) is 9.93. The van der Waals surface area contributed by atoms with Gasteiger partial charge in [0.1, 0.15) is 0 Å². The molecule has 5 N–H and O–H groups in total. The second kappa shape index (κ2) is 5.21. The molecule has 0 atom stereocenters. The molecule has 0 fully saturated rings. The zero-order valence-corrected chi connectivity index (χ0v) is 8.27. The fourth-order valence-corrected chi connectivity index (χ4v) is 1.15. The zero-order chi connectivity index (χ0) is 11.3. The summed E-state index contributed by atoms with van der Waals surface area (Å²) in [6.07, 6.45) is 0.479. The number of nitrogens with two attached hydrogens (primary N) is 2. The van der Waals surface area contributed by atoms with Crippen molar-refractivity contribution in [2.75, 3.05) is 18.9 Å². The Morgan fingerprint density at radius 2 is 2.20 bits per heavy atom. The summed E-state index contributed by atoms with van der Waals surface area (Å²) in [7, 11) is 0. The predicted molar refractivity (Wildman–Crippen MR) is 56.6 cm³/mol. The maximum absolute atomic E-state index is 11.0. The minimum Gasteiger partial charge on any atom is -0.490 e. The Bertz CT molecular complexity index is 353. The highest BCUT2D eigenvalue weighted by Crippen LogP contribution is 2.25. The third-order valence-corrected chi connectivity index (χ3v) is 1.86. The van der Waals surface area contributed by atoms with E-state index in [0.29, 0.717) is 24.5 Å². The van der Waals surface area contributed by atoms with Gasteiger partial charge >= 0.3 is 0 Å². The van der Waals surface area contributed by atoms with Crippen LogP contribution >= 0.6 is 0 Å². The van der Waals surface area contributed by atoms with Gasteiger partial charge in [0.2, 0.25) is 0 Å². The van der Waals surface area contributed by atoms with E-state index in [-0.39, 0.29) is 12.2 Å². The molecule has 1 aromatic carbocycles. The lowest BCUT2D eigenvalue weighted by Gasteiger charge is -2.11. The van der Waals surface area contributed by atoms with Gasteiger partial charge in [-0.1, -0.05) is 6.07 Å². The number of nitrogen functional groups attached to an aromatic ring is 1. The van der Waals surface area contributed by atoms with Crippen molar-refractivity contribution in [1.82, 2.24) is 0 Å². The predicted octanol–water partition coefficient (Wildman–Crippen LogP) is 0.129. The van der Waals surface area contributed by atoms with Gasteiger partial charge in [-0.25, -0.2) is 0 Å². The summed E-state index contributed by atoms with van der Waals surface area (Å²) in [5.74, 6) is -0.292. The first-order valence-corrected chi connectivity index (χ1v) is 4.58. The number of primary amides is 1. The van der Waals surface area contributed by atoms with E-state index in [1.807, 2.05) is 0 Å². The highest BCUT2D eigenvalue weighted by atomic mass is 16.5. The molecule has 0 saturated carbocycles. The average molecular weight is 210 g/mol. The fraction of sp³-hybridized carbons (Fsp3) is 0.300. The molecule has 5 heteroatoms. The van der Waals surface area contributed by atoms with Crippen LogP contribution in [0.5, 0.6) is 5.75 Å². The molecule has 0 bridgehead atoms. The first-order valence-electron chi connectivity index (χ1n) is 4.58. The maximum Gasteiger partial charge on any atom is 0.252 e. The molecule has 1 aromatic rings. The molecule has 0 aliphatic rings. The van der Waals surface area contributed by atoms with Gasteiger partial charge in [-0.2, -0.15) is 0 Å². The molecule has 1 rings (SSSR count). The Kier molecular flexibility index (Phi) is 3.93. The molecule has 0 aromatic heterocycles. The molecule has 1 amide bonds. The van der Waals surface area contributed by atoms with Crippen LogP contribution in [0, 0.1) is 0 Å². The molecular formula is C10H14N2O3. The van der Waals surface area contributed by atoms with Crippen LogP contribution < -0.4 is 16.2 Å². The van der Waals surface area contributed by atoms with E-state index in [2.05, 4.69) is 0 Å². The van der Waals surface area contributed by atoms with Gasteiger partial charge in [0.25, 0.3) is 5.91 Å². The molecule has 0 spiro atoms. The second-order valence-corrected chi connectivity index (χ2v) is 3.01. The van der Waals surface area contributed by atoms with Crippen molar-refractivity contribution >= 4 is 11.6 Å². The SMILES string of the molecule is NC(=O)c1cccc(N)c1OCCCO. The third kappa shape index (κ3) is 2.85. The number of carbonyl (C=O) groups is 1. The Balaban J connectivity index is 2.87. The van der Waals surface area contributed by atoms with E-state index in [0.717, 1.165) is 0 Å². The number of benzene rings is 1. The van der Waals surface area contributed by atoms with Crippen LogP contribution in [0.25, 0.3) is 0 Å². The number of para-hydroxylation sites is 1. The second-order valence-electron chi connectivity index (χ2n) is 3.01. The molecule has 0 aliphatic carbocycles. The number of aliphatic hydroxyl groups is 1. The minimum absolute atomic E-state index is 0.0264. The van der Waals surface area contributed by atoms with Gasteiger partial charge < -0.3 is 21.3 Å². The summed E-state index contributed by atoms with van der Waals surface area (Å²) >= 11 is 0. The maximum atomic E-state index is 11.0. The van der Waals surface area contributed by atoms with Crippen LogP contribution in [0.1, 0.15) is 16.8 Å².